The Morgan fingerprint density at radius 3 is 1.93 bits per heavy atom. The molecule has 2 heterocycles. The standard InChI is InChI=1S/C50H64N2O6S2/c1-7-9-10-20-38(23-19-26-45-49(3,4)47-41-24-13-11-21-39(41)27-30-43(47)51(45)33-15-17-35-59(53,54)55)37(8-2)29-32-46-50(5,6)48-42-25-14-12-22-40(42)28-31-44(48)52(46)34-16-18-36-60(56,57)58/h11-14,19,21-32,37-38H,7-10,15-18,20,33-36H2,1-6H3,(H-,53,54,55,56,57,58)/p+1/b23-19+,32-29+,45-26?. The van der Waals surface area contributed by atoms with Crippen LogP contribution in [0.4, 0.5) is 11.4 Å². The van der Waals surface area contributed by atoms with Crippen LogP contribution in [0, 0.1) is 11.8 Å². The molecule has 0 aliphatic carbocycles. The molecule has 0 saturated heterocycles. The highest BCUT2D eigenvalue weighted by molar-refractivity contribution is 7.86. The molecule has 8 nitrogen and oxygen atoms in total. The molecule has 2 aliphatic rings. The van der Waals surface area contributed by atoms with E-state index in [4.69, 9.17) is 0 Å². The Morgan fingerprint density at radius 1 is 0.683 bits per heavy atom. The molecular formula is C50H65N2O6S2+. The number of allylic oxidation sites excluding steroid dienone is 6. The Morgan fingerprint density at radius 2 is 1.30 bits per heavy atom. The third-order valence-electron chi connectivity index (χ3n) is 12.9. The van der Waals surface area contributed by atoms with Gasteiger partial charge in [-0.2, -0.15) is 21.4 Å². The SMILES string of the molecule is CCCCCC(/C=C/C=C1N(CCCCS(=O)(=O)O)c2ccc3ccccc3c2C1(C)C)C(/C=C/C1=[N+](CCCCS(=O)(=O)O)c2ccc3ccccc3c2C1(C)C)CC. The number of fused-ring (bicyclic) bond motifs is 6. The molecule has 2 unspecified atom stereocenters. The number of nitrogens with zero attached hydrogens (tertiary/aromatic N) is 2. The van der Waals surface area contributed by atoms with E-state index in [0.29, 0.717) is 44.7 Å². The lowest BCUT2D eigenvalue weighted by Gasteiger charge is -2.27. The van der Waals surface area contributed by atoms with Crippen LogP contribution in [0.5, 0.6) is 0 Å². The average Bonchev–Trinajstić information content (AvgIpc) is 3.55. The van der Waals surface area contributed by atoms with Gasteiger partial charge >= 0.3 is 0 Å². The highest BCUT2D eigenvalue weighted by atomic mass is 32.2. The summed E-state index contributed by atoms with van der Waals surface area (Å²) in [6, 6.07) is 25.8. The van der Waals surface area contributed by atoms with E-state index in [1.807, 2.05) is 0 Å². The molecule has 0 saturated carbocycles. The van der Waals surface area contributed by atoms with Gasteiger partial charge in [-0.15, -0.1) is 0 Å². The third kappa shape index (κ3) is 10.2. The Bertz CT molecular complexity index is 2530. The first-order valence-electron chi connectivity index (χ1n) is 21.9. The normalized spacial score (nSPS) is 18.1. The number of benzene rings is 4. The van der Waals surface area contributed by atoms with Crippen molar-refractivity contribution < 1.29 is 30.5 Å². The van der Waals surface area contributed by atoms with Crippen LogP contribution in [-0.2, 0) is 31.1 Å². The van der Waals surface area contributed by atoms with Gasteiger partial charge in [0, 0.05) is 47.5 Å². The van der Waals surface area contributed by atoms with Crippen molar-refractivity contribution in [2.75, 3.05) is 29.5 Å². The second-order valence-corrected chi connectivity index (χ2v) is 21.0. The van der Waals surface area contributed by atoms with Crippen molar-refractivity contribution in [2.24, 2.45) is 11.8 Å². The maximum Gasteiger partial charge on any atom is 0.264 e. The fourth-order valence-corrected chi connectivity index (χ4v) is 11.0. The van der Waals surface area contributed by atoms with Crippen molar-refractivity contribution in [1.29, 1.82) is 0 Å². The van der Waals surface area contributed by atoms with Crippen molar-refractivity contribution in [2.45, 2.75) is 110 Å². The molecule has 322 valence electrons. The highest BCUT2D eigenvalue weighted by Gasteiger charge is 2.45. The first kappa shape index (κ1) is 45.4. The lowest BCUT2D eigenvalue weighted by atomic mass is 9.78. The van der Waals surface area contributed by atoms with Crippen LogP contribution >= 0.6 is 0 Å². The molecule has 2 N–H and O–H groups in total. The molecule has 4 aromatic carbocycles. The van der Waals surface area contributed by atoms with Gasteiger partial charge in [-0.3, -0.25) is 9.11 Å². The number of hydrogen-bond acceptors (Lipinski definition) is 5. The summed E-state index contributed by atoms with van der Waals surface area (Å²) in [5.74, 6) is 0.0770. The zero-order chi connectivity index (χ0) is 43.3. The van der Waals surface area contributed by atoms with E-state index >= 15 is 0 Å². The van der Waals surface area contributed by atoms with Crippen LogP contribution in [0.3, 0.4) is 0 Å². The van der Waals surface area contributed by atoms with E-state index < -0.39 is 20.2 Å². The van der Waals surface area contributed by atoms with Gasteiger partial charge in [-0.05, 0) is 103 Å². The minimum absolute atomic E-state index is 0.245. The van der Waals surface area contributed by atoms with Gasteiger partial charge in [-0.1, -0.05) is 120 Å². The highest BCUT2D eigenvalue weighted by Crippen LogP contribution is 2.51. The van der Waals surface area contributed by atoms with Crippen LogP contribution in [0.1, 0.15) is 110 Å². The maximum atomic E-state index is 11.6. The summed E-state index contributed by atoms with van der Waals surface area (Å²) in [5, 5.41) is 4.83. The van der Waals surface area contributed by atoms with Crippen molar-refractivity contribution in [3.8, 4) is 0 Å². The van der Waals surface area contributed by atoms with E-state index in [1.165, 1.54) is 50.5 Å². The quantitative estimate of drug-likeness (QED) is 0.0517. The average molecular weight is 854 g/mol. The molecule has 0 spiro atoms. The van der Waals surface area contributed by atoms with Crippen LogP contribution < -0.4 is 4.90 Å². The van der Waals surface area contributed by atoms with E-state index in [9.17, 15) is 25.9 Å². The molecule has 60 heavy (non-hydrogen) atoms. The van der Waals surface area contributed by atoms with E-state index in [-0.39, 0.29) is 28.3 Å². The molecule has 4 aromatic rings. The Labute approximate surface area is 359 Å². The summed E-state index contributed by atoms with van der Waals surface area (Å²) in [6.45, 7) is 14.9. The molecule has 2 aliphatic heterocycles. The fourth-order valence-electron chi connectivity index (χ4n) is 9.83. The van der Waals surface area contributed by atoms with Gasteiger partial charge in [0.2, 0.25) is 5.69 Å². The molecule has 6 rings (SSSR count). The first-order chi connectivity index (χ1) is 28.5. The Kier molecular flexibility index (Phi) is 14.3. The molecule has 10 heteroatoms. The van der Waals surface area contributed by atoms with Crippen molar-refractivity contribution >= 4 is 58.9 Å². The molecule has 0 amide bonds. The number of unbranched alkanes of at least 4 members (excludes halogenated alkanes) is 4. The largest absolute Gasteiger partial charge is 0.344 e. The summed E-state index contributed by atoms with van der Waals surface area (Å²) in [6.07, 6.45) is 19.1. The van der Waals surface area contributed by atoms with E-state index in [0.717, 1.165) is 37.1 Å². The lowest BCUT2D eigenvalue weighted by Crippen LogP contribution is -2.28. The van der Waals surface area contributed by atoms with Crippen molar-refractivity contribution in [1.82, 2.24) is 0 Å². The summed E-state index contributed by atoms with van der Waals surface area (Å²) in [7, 11) is -8.05. The predicted molar refractivity (Wildman–Crippen MR) is 250 cm³/mol. The van der Waals surface area contributed by atoms with Crippen LogP contribution in [0.2, 0.25) is 0 Å². The molecule has 0 aromatic heterocycles. The lowest BCUT2D eigenvalue weighted by molar-refractivity contribution is -0.438. The second-order valence-electron chi connectivity index (χ2n) is 17.8. The van der Waals surface area contributed by atoms with Gasteiger partial charge in [0.25, 0.3) is 20.2 Å². The van der Waals surface area contributed by atoms with Crippen LogP contribution in [0.25, 0.3) is 21.5 Å². The van der Waals surface area contributed by atoms with E-state index in [1.54, 1.807) is 0 Å². The summed E-state index contributed by atoms with van der Waals surface area (Å²) in [5.41, 5.74) is 6.61. The molecule has 2 atom stereocenters. The smallest absolute Gasteiger partial charge is 0.264 e. The van der Waals surface area contributed by atoms with Gasteiger partial charge in [0.15, 0.2) is 5.71 Å². The Hall–Kier alpha value is -4.09. The Balaban J connectivity index is 1.34. The van der Waals surface area contributed by atoms with Gasteiger partial charge in [0.05, 0.1) is 16.9 Å². The summed E-state index contributed by atoms with van der Waals surface area (Å²) >= 11 is 0. The summed E-state index contributed by atoms with van der Waals surface area (Å²) < 4.78 is 67.5. The predicted octanol–water partition coefficient (Wildman–Crippen LogP) is 11.7. The van der Waals surface area contributed by atoms with E-state index in [2.05, 4.69) is 154 Å². The van der Waals surface area contributed by atoms with Crippen molar-refractivity contribution in [3.63, 3.8) is 0 Å². The van der Waals surface area contributed by atoms with Crippen LogP contribution in [0.15, 0.2) is 109 Å². The van der Waals surface area contributed by atoms with Gasteiger partial charge < -0.3 is 4.90 Å². The van der Waals surface area contributed by atoms with Crippen LogP contribution in [-0.4, -0.2) is 60.8 Å². The maximum absolute atomic E-state index is 11.6. The topological polar surface area (TPSA) is 115 Å². The van der Waals surface area contributed by atoms with Gasteiger partial charge in [-0.25, -0.2) is 0 Å². The van der Waals surface area contributed by atoms with Gasteiger partial charge in [0.1, 0.15) is 6.54 Å². The molecule has 0 fully saturated rings. The van der Waals surface area contributed by atoms with Crippen molar-refractivity contribution in [3.05, 3.63) is 120 Å². The second kappa shape index (κ2) is 18.9. The zero-order valence-electron chi connectivity index (χ0n) is 36.4. The minimum Gasteiger partial charge on any atom is -0.344 e. The number of hydrogen-bond donors (Lipinski definition) is 2. The molecule has 0 bridgehead atoms. The first-order valence-corrected chi connectivity index (χ1v) is 25.1. The number of rotatable bonds is 20. The monoisotopic (exact) mass is 853 g/mol. The molecule has 0 radical (unpaired) electrons. The minimum atomic E-state index is -4.03. The fraction of sp³-hybridized carbons (Fsp3) is 0.460. The third-order valence-corrected chi connectivity index (χ3v) is 14.5. The molecular weight excluding hydrogens is 789 g/mol. The zero-order valence-corrected chi connectivity index (χ0v) is 38.0. The summed E-state index contributed by atoms with van der Waals surface area (Å²) in [4.78, 5) is 2.35. The number of anilines is 1.